The number of nitrogens with one attached hydrogen (secondary N) is 1. The van der Waals surface area contributed by atoms with Gasteiger partial charge in [-0.1, -0.05) is 18.2 Å². The Hall–Kier alpha value is -3.28. The molecule has 2 aromatic heterocycles. The Balaban J connectivity index is 1.93. The third-order valence-electron chi connectivity index (χ3n) is 3.37. The first-order valence-electron chi connectivity index (χ1n) is 7.05. The average Bonchev–Trinajstić information content (AvgIpc) is 2.58. The summed E-state index contributed by atoms with van der Waals surface area (Å²) in [6, 6.07) is 11.1. The minimum absolute atomic E-state index is 0.0868. The summed E-state index contributed by atoms with van der Waals surface area (Å²) < 4.78 is 0. The van der Waals surface area contributed by atoms with E-state index in [1.54, 1.807) is 18.5 Å². The topological polar surface area (TPSA) is 93.8 Å². The van der Waals surface area contributed by atoms with Gasteiger partial charge in [0.15, 0.2) is 11.5 Å². The Morgan fingerprint density at radius 2 is 1.96 bits per heavy atom. The maximum Gasteiger partial charge on any atom is 0.278 e. The van der Waals surface area contributed by atoms with Gasteiger partial charge in [0.05, 0.1) is 11.9 Å². The maximum atomic E-state index is 12.5. The van der Waals surface area contributed by atoms with Gasteiger partial charge in [-0.15, -0.1) is 0 Å². The predicted molar refractivity (Wildman–Crippen MR) is 88.8 cm³/mol. The molecule has 3 rings (SSSR count). The largest absolute Gasteiger partial charge is 0.382 e. The van der Waals surface area contributed by atoms with Crippen molar-refractivity contribution in [3.8, 4) is 11.3 Å². The van der Waals surface area contributed by atoms with E-state index in [1.807, 2.05) is 37.3 Å². The van der Waals surface area contributed by atoms with Crippen LogP contribution in [0.4, 0.5) is 11.5 Å². The Morgan fingerprint density at radius 3 is 2.70 bits per heavy atom. The highest BCUT2D eigenvalue weighted by Gasteiger charge is 2.15. The Labute approximate surface area is 133 Å². The number of pyridine rings is 1. The first-order chi connectivity index (χ1) is 11.1. The van der Waals surface area contributed by atoms with E-state index < -0.39 is 5.91 Å². The number of nitrogen functional groups attached to an aromatic ring is 1. The number of aromatic nitrogens is 3. The van der Waals surface area contributed by atoms with Crippen LogP contribution in [0.3, 0.4) is 0 Å². The number of carbonyl (C=O) groups excluding carboxylic acids is 1. The summed E-state index contributed by atoms with van der Waals surface area (Å²) in [7, 11) is 0. The van der Waals surface area contributed by atoms with Crippen molar-refractivity contribution < 1.29 is 4.79 Å². The van der Waals surface area contributed by atoms with Gasteiger partial charge in [-0.2, -0.15) is 0 Å². The molecule has 0 saturated heterocycles. The molecule has 3 N–H and O–H groups in total. The van der Waals surface area contributed by atoms with Crippen molar-refractivity contribution in [1.82, 2.24) is 15.0 Å². The zero-order valence-corrected chi connectivity index (χ0v) is 12.5. The van der Waals surface area contributed by atoms with Crippen LogP contribution in [-0.2, 0) is 0 Å². The number of rotatable bonds is 3. The molecule has 0 saturated carbocycles. The van der Waals surface area contributed by atoms with Gasteiger partial charge in [0.1, 0.15) is 0 Å². The smallest absolute Gasteiger partial charge is 0.278 e. The fourth-order valence-electron chi connectivity index (χ4n) is 2.11. The Morgan fingerprint density at radius 1 is 1.13 bits per heavy atom. The van der Waals surface area contributed by atoms with Crippen LogP contribution in [0.1, 0.15) is 16.1 Å². The van der Waals surface area contributed by atoms with Gasteiger partial charge in [0.25, 0.3) is 5.91 Å². The second-order valence-electron chi connectivity index (χ2n) is 5.00. The quantitative estimate of drug-likeness (QED) is 0.776. The van der Waals surface area contributed by atoms with Crippen LogP contribution in [0.5, 0.6) is 0 Å². The lowest BCUT2D eigenvalue weighted by Gasteiger charge is -2.10. The maximum absolute atomic E-state index is 12.5. The van der Waals surface area contributed by atoms with Crippen LogP contribution in [0.2, 0.25) is 0 Å². The third kappa shape index (κ3) is 3.16. The molecule has 0 fully saturated rings. The molecule has 0 spiro atoms. The predicted octanol–water partition coefficient (Wildman–Crippen LogP) is 2.68. The van der Waals surface area contributed by atoms with Crippen molar-refractivity contribution in [2.45, 2.75) is 6.92 Å². The van der Waals surface area contributed by atoms with Gasteiger partial charge in [-0.05, 0) is 30.7 Å². The highest BCUT2D eigenvalue weighted by molar-refractivity contribution is 6.06. The van der Waals surface area contributed by atoms with Gasteiger partial charge in [-0.25, -0.2) is 9.97 Å². The lowest BCUT2D eigenvalue weighted by atomic mass is 10.2. The summed E-state index contributed by atoms with van der Waals surface area (Å²) in [5, 5.41) is 2.81. The molecule has 114 valence electrons. The van der Waals surface area contributed by atoms with Crippen LogP contribution in [-0.4, -0.2) is 20.9 Å². The van der Waals surface area contributed by atoms with Crippen molar-refractivity contribution in [2.24, 2.45) is 0 Å². The minimum Gasteiger partial charge on any atom is -0.382 e. The molecule has 1 aromatic carbocycles. The second kappa shape index (κ2) is 6.23. The number of benzene rings is 1. The van der Waals surface area contributed by atoms with Gasteiger partial charge in [0.2, 0.25) is 0 Å². The number of nitrogens with two attached hydrogens (primary N) is 1. The van der Waals surface area contributed by atoms with E-state index in [0.29, 0.717) is 11.4 Å². The van der Waals surface area contributed by atoms with Crippen molar-refractivity contribution >= 4 is 17.4 Å². The number of nitrogens with zero attached hydrogens (tertiary/aromatic N) is 3. The monoisotopic (exact) mass is 305 g/mol. The molecule has 0 radical (unpaired) electrons. The summed E-state index contributed by atoms with van der Waals surface area (Å²) >= 11 is 0. The molecule has 0 aliphatic carbocycles. The summed E-state index contributed by atoms with van der Waals surface area (Å²) in [4.78, 5) is 24.9. The molecule has 6 heteroatoms. The first kappa shape index (κ1) is 14.6. The van der Waals surface area contributed by atoms with Gasteiger partial charge < -0.3 is 11.1 Å². The molecule has 23 heavy (non-hydrogen) atoms. The summed E-state index contributed by atoms with van der Waals surface area (Å²) in [6.07, 6.45) is 4.85. The van der Waals surface area contributed by atoms with E-state index in [-0.39, 0.29) is 11.5 Å². The minimum atomic E-state index is -0.393. The summed E-state index contributed by atoms with van der Waals surface area (Å²) in [6.45, 7) is 1.91. The normalized spacial score (nSPS) is 10.3. The highest BCUT2D eigenvalue weighted by Crippen LogP contribution is 2.19. The zero-order valence-electron chi connectivity index (χ0n) is 12.5. The molecule has 3 aromatic rings. The average molecular weight is 305 g/mol. The van der Waals surface area contributed by atoms with Crippen LogP contribution < -0.4 is 11.1 Å². The fourth-order valence-corrected chi connectivity index (χ4v) is 2.11. The van der Waals surface area contributed by atoms with Crippen molar-refractivity contribution in [2.75, 3.05) is 11.1 Å². The van der Waals surface area contributed by atoms with E-state index in [1.165, 1.54) is 6.20 Å². The second-order valence-corrected chi connectivity index (χ2v) is 5.00. The zero-order chi connectivity index (χ0) is 16.2. The third-order valence-corrected chi connectivity index (χ3v) is 3.37. The number of carbonyl (C=O) groups is 1. The van der Waals surface area contributed by atoms with Crippen molar-refractivity contribution in [3.63, 3.8) is 0 Å². The fraction of sp³-hybridized carbons (Fsp3) is 0.0588. The highest BCUT2D eigenvalue weighted by atomic mass is 16.1. The number of para-hydroxylation sites is 1. The van der Waals surface area contributed by atoms with Crippen LogP contribution >= 0.6 is 0 Å². The standard InChI is InChI=1S/C17H15N5O/c1-11-5-2-3-7-13(11)22-17(23)15-16(18)20-10-14(21-15)12-6-4-8-19-9-12/h2-10H,1H3,(H2,18,20)(H,22,23). The molecule has 0 aliphatic rings. The van der Waals surface area contributed by atoms with E-state index >= 15 is 0 Å². The van der Waals surface area contributed by atoms with E-state index in [4.69, 9.17) is 5.73 Å². The molecule has 0 bridgehead atoms. The Kier molecular flexibility index (Phi) is 3.97. The molecule has 0 atom stereocenters. The molecular weight excluding hydrogens is 290 g/mol. The lowest BCUT2D eigenvalue weighted by molar-refractivity contribution is 0.102. The van der Waals surface area contributed by atoms with Crippen LogP contribution in [0.25, 0.3) is 11.3 Å². The SMILES string of the molecule is Cc1ccccc1NC(=O)c1nc(-c2cccnc2)cnc1N. The first-order valence-corrected chi connectivity index (χ1v) is 7.05. The van der Waals surface area contributed by atoms with Gasteiger partial charge in [-0.3, -0.25) is 9.78 Å². The summed E-state index contributed by atoms with van der Waals surface area (Å²) in [5.74, 6) is -0.307. The number of hydrogen-bond acceptors (Lipinski definition) is 5. The van der Waals surface area contributed by atoms with Crippen molar-refractivity contribution in [3.05, 3.63) is 66.2 Å². The number of hydrogen-bond donors (Lipinski definition) is 2. The van der Waals surface area contributed by atoms with E-state index in [2.05, 4.69) is 20.3 Å². The number of anilines is 2. The summed E-state index contributed by atoms with van der Waals surface area (Å²) in [5.41, 5.74) is 8.88. The lowest BCUT2D eigenvalue weighted by Crippen LogP contribution is -2.17. The van der Waals surface area contributed by atoms with E-state index in [0.717, 1.165) is 11.1 Å². The molecule has 0 unspecified atom stereocenters. The van der Waals surface area contributed by atoms with Crippen LogP contribution in [0.15, 0.2) is 55.0 Å². The molecular formula is C17H15N5O. The molecule has 0 aliphatic heterocycles. The van der Waals surface area contributed by atoms with Crippen molar-refractivity contribution in [1.29, 1.82) is 0 Å². The van der Waals surface area contributed by atoms with Gasteiger partial charge >= 0.3 is 0 Å². The number of aryl methyl sites for hydroxylation is 1. The van der Waals surface area contributed by atoms with Gasteiger partial charge in [0, 0.05) is 23.6 Å². The van der Waals surface area contributed by atoms with E-state index in [9.17, 15) is 4.79 Å². The number of amides is 1. The molecule has 2 heterocycles. The molecule has 6 nitrogen and oxygen atoms in total. The molecule has 1 amide bonds. The Bertz CT molecular complexity index is 849. The van der Waals surface area contributed by atoms with Crippen LogP contribution in [0, 0.1) is 6.92 Å².